The smallest absolute Gasteiger partial charge is 0.224 e. The summed E-state index contributed by atoms with van der Waals surface area (Å²) >= 11 is 6.02. The number of carbonyl (C=O) groups is 1. The van der Waals surface area contributed by atoms with Gasteiger partial charge in [0.1, 0.15) is 0 Å². The molecule has 0 saturated carbocycles. The van der Waals surface area contributed by atoms with Crippen molar-refractivity contribution < 1.29 is 4.79 Å². The number of carbonyl (C=O) groups excluding carboxylic acids is 1. The summed E-state index contributed by atoms with van der Waals surface area (Å²) in [5, 5.41) is 3.54. The topological polar surface area (TPSA) is 42.0 Å². The van der Waals surface area contributed by atoms with Crippen LogP contribution in [0.15, 0.2) is 48.7 Å². The van der Waals surface area contributed by atoms with Crippen LogP contribution in [0.1, 0.15) is 17.7 Å². The molecule has 1 aromatic heterocycles. The molecule has 0 radical (unpaired) electrons. The van der Waals surface area contributed by atoms with Crippen molar-refractivity contribution >= 4 is 17.5 Å². The van der Waals surface area contributed by atoms with Crippen molar-refractivity contribution in [3.8, 4) is 0 Å². The van der Waals surface area contributed by atoms with Gasteiger partial charge in [-0.25, -0.2) is 0 Å². The average Bonchev–Trinajstić information content (AvgIpc) is 2.47. The van der Waals surface area contributed by atoms with Crippen LogP contribution in [0.25, 0.3) is 0 Å². The number of aromatic nitrogens is 1. The van der Waals surface area contributed by atoms with Gasteiger partial charge in [0.25, 0.3) is 0 Å². The third-order valence-corrected chi connectivity index (χ3v) is 3.34. The molecule has 0 aliphatic carbocycles. The Bertz CT molecular complexity index is 557. The molecule has 20 heavy (non-hydrogen) atoms. The maximum absolute atomic E-state index is 11.8. The molecule has 1 N–H and O–H groups in total. The molecule has 0 aliphatic rings. The van der Waals surface area contributed by atoms with Crippen LogP contribution in [0.3, 0.4) is 0 Å². The molecule has 1 heterocycles. The third kappa shape index (κ3) is 4.67. The number of rotatable bonds is 6. The van der Waals surface area contributed by atoms with Crippen LogP contribution >= 0.6 is 11.6 Å². The van der Waals surface area contributed by atoms with Crippen LogP contribution in [0.5, 0.6) is 0 Å². The Morgan fingerprint density at radius 2 is 1.95 bits per heavy atom. The molecule has 0 aliphatic heterocycles. The Labute approximate surface area is 124 Å². The quantitative estimate of drug-likeness (QED) is 0.830. The lowest BCUT2D eigenvalue weighted by Crippen LogP contribution is -2.26. The highest BCUT2D eigenvalue weighted by Gasteiger charge is 2.05. The van der Waals surface area contributed by atoms with Gasteiger partial charge in [-0.2, -0.15) is 0 Å². The van der Waals surface area contributed by atoms with Crippen molar-refractivity contribution in [1.29, 1.82) is 0 Å². The minimum atomic E-state index is -0.000814. The van der Waals surface area contributed by atoms with Gasteiger partial charge in [0.05, 0.1) is 6.42 Å². The molecule has 0 spiro atoms. The number of nitrogens with one attached hydrogen (secondary N) is 1. The van der Waals surface area contributed by atoms with E-state index >= 15 is 0 Å². The van der Waals surface area contributed by atoms with E-state index in [1.165, 1.54) is 0 Å². The standard InChI is InChI=1S/C16H17ClN2O/c17-15-9-2-1-6-13(15)12-16(20)19-11-5-8-14-7-3-4-10-18-14/h1-4,6-7,9-10H,5,8,11-12H2,(H,19,20). The van der Waals surface area contributed by atoms with Gasteiger partial charge in [0.15, 0.2) is 0 Å². The van der Waals surface area contributed by atoms with Gasteiger partial charge >= 0.3 is 0 Å². The lowest BCUT2D eigenvalue weighted by Gasteiger charge is -2.06. The normalized spacial score (nSPS) is 10.2. The van der Waals surface area contributed by atoms with E-state index in [4.69, 9.17) is 11.6 Å². The lowest BCUT2D eigenvalue weighted by atomic mass is 10.1. The van der Waals surface area contributed by atoms with E-state index in [2.05, 4.69) is 10.3 Å². The molecule has 1 aromatic carbocycles. The highest BCUT2D eigenvalue weighted by Crippen LogP contribution is 2.15. The molecule has 0 saturated heterocycles. The number of pyridine rings is 1. The van der Waals surface area contributed by atoms with Crippen LogP contribution in [0, 0.1) is 0 Å². The molecule has 4 heteroatoms. The first-order valence-corrected chi connectivity index (χ1v) is 7.03. The van der Waals surface area contributed by atoms with Crippen LogP contribution in [-0.2, 0) is 17.6 Å². The van der Waals surface area contributed by atoms with E-state index < -0.39 is 0 Å². The first-order valence-electron chi connectivity index (χ1n) is 6.66. The number of nitrogens with zero attached hydrogens (tertiary/aromatic N) is 1. The minimum absolute atomic E-state index is 0.000814. The number of hydrogen-bond donors (Lipinski definition) is 1. The summed E-state index contributed by atoms with van der Waals surface area (Å²) in [6.07, 6.45) is 3.85. The van der Waals surface area contributed by atoms with Crippen molar-refractivity contribution in [1.82, 2.24) is 10.3 Å². The van der Waals surface area contributed by atoms with Crippen molar-refractivity contribution in [2.45, 2.75) is 19.3 Å². The van der Waals surface area contributed by atoms with Gasteiger partial charge in [-0.1, -0.05) is 35.9 Å². The zero-order chi connectivity index (χ0) is 14.2. The van der Waals surface area contributed by atoms with E-state index in [1.807, 2.05) is 36.4 Å². The summed E-state index contributed by atoms with van der Waals surface area (Å²) in [5.74, 6) is -0.000814. The predicted molar refractivity (Wildman–Crippen MR) is 80.7 cm³/mol. The second-order valence-electron chi connectivity index (χ2n) is 4.54. The fourth-order valence-corrected chi connectivity index (χ4v) is 2.12. The van der Waals surface area contributed by atoms with Gasteiger partial charge in [0, 0.05) is 23.5 Å². The maximum atomic E-state index is 11.8. The predicted octanol–water partition coefficient (Wildman–Crippen LogP) is 3.03. The summed E-state index contributed by atoms with van der Waals surface area (Å²) in [6, 6.07) is 13.3. The SMILES string of the molecule is O=C(Cc1ccccc1Cl)NCCCc1ccccn1. The van der Waals surface area contributed by atoms with Crippen molar-refractivity contribution in [3.63, 3.8) is 0 Å². The summed E-state index contributed by atoms with van der Waals surface area (Å²) in [5.41, 5.74) is 1.91. The molecular weight excluding hydrogens is 272 g/mol. The van der Waals surface area contributed by atoms with E-state index in [0.717, 1.165) is 24.1 Å². The van der Waals surface area contributed by atoms with Crippen LogP contribution in [0.2, 0.25) is 5.02 Å². The Hall–Kier alpha value is -1.87. The van der Waals surface area contributed by atoms with Gasteiger partial charge in [0.2, 0.25) is 5.91 Å². The number of aryl methyl sites for hydroxylation is 1. The fourth-order valence-electron chi connectivity index (χ4n) is 1.92. The zero-order valence-electron chi connectivity index (χ0n) is 11.2. The molecule has 0 unspecified atom stereocenters. The first-order chi connectivity index (χ1) is 9.75. The number of benzene rings is 1. The van der Waals surface area contributed by atoms with Crippen molar-refractivity contribution in [2.24, 2.45) is 0 Å². The summed E-state index contributed by atoms with van der Waals surface area (Å²) < 4.78 is 0. The van der Waals surface area contributed by atoms with E-state index in [1.54, 1.807) is 12.3 Å². The lowest BCUT2D eigenvalue weighted by molar-refractivity contribution is -0.120. The monoisotopic (exact) mass is 288 g/mol. The summed E-state index contributed by atoms with van der Waals surface area (Å²) in [6.45, 7) is 0.653. The van der Waals surface area contributed by atoms with E-state index in [0.29, 0.717) is 18.0 Å². The Morgan fingerprint density at radius 1 is 1.15 bits per heavy atom. The molecule has 1 amide bonds. The maximum Gasteiger partial charge on any atom is 0.224 e. The number of halogens is 1. The van der Waals surface area contributed by atoms with Crippen LogP contribution in [-0.4, -0.2) is 17.4 Å². The van der Waals surface area contributed by atoms with Crippen LogP contribution < -0.4 is 5.32 Å². The Morgan fingerprint density at radius 3 is 2.70 bits per heavy atom. The van der Waals surface area contributed by atoms with Gasteiger partial charge in [-0.3, -0.25) is 9.78 Å². The third-order valence-electron chi connectivity index (χ3n) is 2.97. The Balaban J connectivity index is 1.69. The second kappa shape index (κ2) is 7.65. The molecule has 0 atom stereocenters. The molecule has 104 valence electrons. The highest BCUT2D eigenvalue weighted by atomic mass is 35.5. The average molecular weight is 289 g/mol. The highest BCUT2D eigenvalue weighted by molar-refractivity contribution is 6.31. The zero-order valence-corrected chi connectivity index (χ0v) is 11.9. The fraction of sp³-hybridized carbons (Fsp3) is 0.250. The molecule has 2 aromatic rings. The summed E-state index contributed by atoms with van der Waals surface area (Å²) in [7, 11) is 0. The minimum Gasteiger partial charge on any atom is -0.356 e. The van der Waals surface area contributed by atoms with Gasteiger partial charge in [-0.05, 0) is 36.6 Å². The van der Waals surface area contributed by atoms with E-state index in [9.17, 15) is 4.79 Å². The Kier molecular flexibility index (Phi) is 5.56. The molecular formula is C16H17ClN2O. The molecule has 3 nitrogen and oxygen atoms in total. The van der Waals surface area contributed by atoms with E-state index in [-0.39, 0.29) is 5.91 Å². The second-order valence-corrected chi connectivity index (χ2v) is 4.95. The number of hydrogen-bond acceptors (Lipinski definition) is 2. The van der Waals surface area contributed by atoms with Gasteiger partial charge < -0.3 is 5.32 Å². The molecule has 2 rings (SSSR count). The molecule has 0 bridgehead atoms. The first kappa shape index (κ1) is 14.5. The number of amides is 1. The largest absolute Gasteiger partial charge is 0.356 e. The van der Waals surface area contributed by atoms with Crippen LogP contribution in [0.4, 0.5) is 0 Å². The van der Waals surface area contributed by atoms with Crippen molar-refractivity contribution in [3.05, 3.63) is 64.9 Å². The summed E-state index contributed by atoms with van der Waals surface area (Å²) in [4.78, 5) is 16.0. The van der Waals surface area contributed by atoms with Gasteiger partial charge in [-0.15, -0.1) is 0 Å². The van der Waals surface area contributed by atoms with Crippen molar-refractivity contribution in [2.75, 3.05) is 6.54 Å². The molecule has 0 fully saturated rings.